The van der Waals surface area contributed by atoms with Gasteiger partial charge in [-0.05, 0) is 41.9 Å². The van der Waals surface area contributed by atoms with Crippen LogP contribution in [0.2, 0.25) is 10.0 Å². The average molecular weight is 478 g/mol. The molecule has 0 saturated heterocycles. The Hall–Kier alpha value is -1.90. The summed E-state index contributed by atoms with van der Waals surface area (Å²) in [5.74, 6) is 0.126. The molecule has 3 aromatic carbocycles. The van der Waals surface area contributed by atoms with E-state index in [2.05, 4.69) is 10.4 Å². The first-order chi connectivity index (χ1) is 14.0. The number of rotatable bonds is 5. The third-order valence-corrected chi connectivity index (χ3v) is 7.17. The minimum atomic E-state index is -0.103. The third-order valence-electron chi connectivity index (χ3n) is 4.07. The van der Waals surface area contributed by atoms with Gasteiger partial charge in [0.1, 0.15) is 0 Å². The van der Waals surface area contributed by atoms with Gasteiger partial charge in [-0.25, -0.2) is 4.68 Å². The van der Waals surface area contributed by atoms with Gasteiger partial charge in [0.25, 0.3) is 0 Å². The summed E-state index contributed by atoms with van der Waals surface area (Å²) in [6.07, 6.45) is 0. The van der Waals surface area contributed by atoms with Gasteiger partial charge in [-0.3, -0.25) is 4.79 Å². The van der Waals surface area contributed by atoms with Gasteiger partial charge in [-0.2, -0.15) is 0 Å². The molecule has 4 nitrogen and oxygen atoms in total. The number of hydrogen-bond donors (Lipinski definition) is 1. The fraction of sp³-hybridized carbons (Fsp3) is 0.0500. The minimum Gasteiger partial charge on any atom is -0.325 e. The van der Waals surface area contributed by atoms with Crippen LogP contribution in [0.5, 0.6) is 0 Å². The van der Waals surface area contributed by atoms with Crippen molar-refractivity contribution in [1.82, 2.24) is 9.78 Å². The van der Waals surface area contributed by atoms with Crippen LogP contribution in [0, 0.1) is 3.95 Å². The fourth-order valence-corrected chi connectivity index (χ4v) is 5.20. The first kappa shape index (κ1) is 20.4. The Morgan fingerprint density at radius 1 is 1.10 bits per heavy atom. The molecule has 0 fully saturated rings. The van der Waals surface area contributed by atoms with E-state index < -0.39 is 0 Å². The average Bonchev–Trinajstić information content (AvgIpc) is 3.09. The predicted molar refractivity (Wildman–Crippen MR) is 126 cm³/mol. The fourth-order valence-electron chi connectivity index (χ4n) is 2.75. The minimum absolute atomic E-state index is 0.103. The topological polar surface area (TPSA) is 46.9 Å². The molecule has 4 rings (SSSR count). The second kappa shape index (κ2) is 8.85. The van der Waals surface area contributed by atoms with Crippen LogP contribution in [0.1, 0.15) is 0 Å². The van der Waals surface area contributed by atoms with Crippen molar-refractivity contribution in [3.63, 3.8) is 0 Å². The van der Waals surface area contributed by atoms with Crippen LogP contribution in [0.4, 0.5) is 5.69 Å². The molecule has 29 heavy (non-hydrogen) atoms. The molecule has 0 bridgehead atoms. The molecule has 0 spiro atoms. The molecule has 4 aromatic rings. The molecule has 0 radical (unpaired) electrons. The zero-order chi connectivity index (χ0) is 20.4. The van der Waals surface area contributed by atoms with E-state index in [4.69, 9.17) is 35.4 Å². The van der Waals surface area contributed by atoms with Crippen molar-refractivity contribution in [2.75, 3.05) is 11.1 Å². The highest BCUT2D eigenvalue weighted by Gasteiger charge is 2.11. The van der Waals surface area contributed by atoms with Gasteiger partial charge >= 0.3 is 0 Å². The maximum atomic E-state index is 12.5. The van der Waals surface area contributed by atoms with Crippen molar-refractivity contribution in [3.8, 4) is 5.69 Å². The second-order valence-corrected chi connectivity index (χ2v) is 9.67. The Balaban J connectivity index is 1.46. The smallest absolute Gasteiger partial charge is 0.234 e. The first-order valence-corrected chi connectivity index (χ1v) is 11.4. The van der Waals surface area contributed by atoms with E-state index in [1.165, 1.54) is 23.1 Å². The number of fused-ring (bicyclic) bond motifs is 1. The molecule has 0 aliphatic carbocycles. The Morgan fingerprint density at radius 3 is 2.72 bits per heavy atom. The Kier molecular flexibility index (Phi) is 6.22. The molecule has 0 saturated carbocycles. The van der Waals surface area contributed by atoms with E-state index in [1.807, 2.05) is 42.5 Å². The number of carbonyl (C=O) groups excluding carboxylic acids is 1. The van der Waals surface area contributed by atoms with Crippen molar-refractivity contribution in [2.45, 2.75) is 4.34 Å². The van der Waals surface area contributed by atoms with Gasteiger partial charge in [0.2, 0.25) is 5.91 Å². The predicted octanol–water partition coefficient (Wildman–Crippen LogP) is 6.85. The highest BCUT2D eigenvalue weighted by molar-refractivity contribution is 8.01. The molecular formula is C20H13Cl2N3OS3. The Bertz CT molecular complexity index is 1260. The standard InChI is InChI=1S/C20H13Cl2N3OS3/c21-15-9-8-13(10-16(15)22)25-20(27)29-19(24-25)28-11-18(26)23-17-7-3-5-12-4-1-2-6-14(12)17/h1-10H,11H2,(H,23,26). The number of nitrogens with one attached hydrogen (secondary N) is 1. The molecule has 0 atom stereocenters. The zero-order valence-corrected chi connectivity index (χ0v) is 18.7. The summed E-state index contributed by atoms with van der Waals surface area (Å²) in [6.45, 7) is 0. The number of hydrogen-bond acceptors (Lipinski definition) is 5. The van der Waals surface area contributed by atoms with Crippen molar-refractivity contribution in [3.05, 3.63) is 74.7 Å². The molecule has 1 heterocycles. The van der Waals surface area contributed by atoms with Crippen molar-refractivity contribution >= 4 is 80.9 Å². The third kappa shape index (κ3) is 4.65. The lowest BCUT2D eigenvalue weighted by molar-refractivity contribution is -0.113. The zero-order valence-electron chi connectivity index (χ0n) is 14.8. The van der Waals surface area contributed by atoms with Gasteiger partial charge in [-0.1, -0.05) is 82.7 Å². The molecule has 1 N–H and O–H groups in total. The number of anilines is 1. The molecule has 0 aliphatic heterocycles. The number of carbonyl (C=O) groups is 1. The molecule has 1 aromatic heterocycles. The molecule has 9 heteroatoms. The first-order valence-electron chi connectivity index (χ1n) is 8.47. The van der Waals surface area contributed by atoms with Gasteiger partial charge in [0, 0.05) is 11.1 Å². The summed E-state index contributed by atoms with van der Waals surface area (Å²) in [4.78, 5) is 12.5. The quantitative estimate of drug-likeness (QED) is 0.252. The van der Waals surface area contributed by atoms with Gasteiger partial charge < -0.3 is 5.32 Å². The van der Waals surface area contributed by atoms with Crippen LogP contribution in [-0.4, -0.2) is 21.4 Å². The molecule has 146 valence electrons. The summed E-state index contributed by atoms with van der Waals surface area (Å²) in [5.41, 5.74) is 1.52. The molecule has 0 unspecified atom stereocenters. The lowest BCUT2D eigenvalue weighted by atomic mass is 10.1. The molecule has 0 aliphatic rings. The van der Waals surface area contributed by atoms with Crippen LogP contribution in [-0.2, 0) is 4.79 Å². The number of thioether (sulfide) groups is 1. The van der Waals surface area contributed by atoms with E-state index in [0.29, 0.717) is 18.3 Å². The molecule has 1 amide bonds. The molecular weight excluding hydrogens is 465 g/mol. The van der Waals surface area contributed by atoms with E-state index >= 15 is 0 Å². The largest absolute Gasteiger partial charge is 0.325 e. The van der Waals surface area contributed by atoms with E-state index in [9.17, 15) is 4.79 Å². The lowest BCUT2D eigenvalue weighted by Gasteiger charge is -2.08. The summed E-state index contributed by atoms with van der Waals surface area (Å²) in [6, 6.07) is 19.0. The van der Waals surface area contributed by atoms with Crippen LogP contribution in [0.25, 0.3) is 16.5 Å². The van der Waals surface area contributed by atoms with Crippen LogP contribution < -0.4 is 5.32 Å². The normalized spacial score (nSPS) is 11.0. The van der Waals surface area contributed by atoms with E-state index in [-0.39, 0.29) is 11.7 Å². The highest BCUT2D eigenvalue weighted by Crippen LogP contribution is 2.28. The van der Waals surface area contributed by atoms with E-state index in [1.54, 1.807) is 22.9 Å². The van der Waals surface area contributed by atoms with Crippen molar-refractivity contribution in [1.29, 1.82) is 0 Å². The number of amides is 1. The highest BCUT2D eigenvalue weighted by atomic mass is 35.5. The van der Waals surface area contributed by atoms with E-state index in [0.717, 1.165) is 22.1 Å². The Labute approximate surface area is 190 Å². The number of nitrogens with zero attached hydrogens (tertiary/aromatic N) is 2. The van der Waals surface area contributed by atoms with Crippen molar-refractivity contribution < 1.29 is 4.79 Å². The SMILES string of the molecule is O=C(CSc1nn(-c2ccc(Cl)c(Cl)c2)c(=S)s1)Nc1cccc2ccccc12. The van der Waals surface area contributed by atoms with Gasteiger partial charge in [-0.15, -0.1) is 5.10 Å². The summed E-state index contributed by atoms with van der Waals surface area (Å²) >= 11 is 20.1. The van der Waals surface area contributed by atoms with Crippen LogP contribution >= 0.6 is 58.5 Å². The summed E-state index contributed by atoms with van der Waals surface area (Å²) in [5, 5.41) is 10.5. The summed E-state index contributed by atoms with van der Waals surface area (Å²) in [7, 11) is 0. The number of aromatic nitrogens is 2. The number of halogens is 2. The van der Waals surface area contributed by atoms with Crippen LogP contribution in [0.3, 0.4) is 0 Å². The number of benzene rings is 3. The van der Waals surface area contributed by atoms with Crippen LogP contribution in [0.15, 0.2) is 65.0 Å². The second-order valence-electron chi connectivity index (χ2n) is 6.01. The van der Waals surface area contributed by atoms with Gasteiger partial charge in [0.15, 0.2) is 8.29 Å². The van der Waals surface area contributed by atoms with Gasteiger partial charge in [0.05, 0.1) is 21.5 Å². The van der Waals surface area contributed by atoms with Crippen molar-refractivity contribution in [2.24, 2.45) is 0 Å². The monoisotopic (exact) mass is 477 g/mol. The maximum Gasteiger partial charge on any atom is 0.234 e. The maximum absolute atomic E-state index is 12.5. The summed E-state index contributed by atoms with van der Waals surface area (Å²) < 4.78 is 2.89. The Morgan fingerprint density at radius 2 is 1.90 bits per heavy atom. The lowest BCUT2D eigenvalue weighted by Crippen LogP contribution is -2.14.